The van der Waals surface area contributed by atoms with Gasteiger partial charge in [-0.15, -0.1) is 11.3 Å². The number of hydrogen-bond donors (Lipinski definition) is 2. The minimum atomic E-state index is -0.789. The number of carbonyl (C=O) groups is 1. The second-order valence-electron chi connectivity index (χ2n) is 4.22. The molecule has 2 aromatic heterocycles. The maximum atomic E-state index is 10.6. The third-order valence-electron chi connectivity index (χ3n) is 2.69. The van der Waals surface area contributed by atoms with Crippen molar-refractivity contribution in [2.45, 2.75) is 26.7 Å². The Kier molecular flexibility index (Phi) is 4.11. The number of thiazole rings is 1. The summed E-state index contributed by atoms with van der Waals surface area (Å²) in [6.07, 6.45) is 2.37. The van der Waals surface area contributed by atoms with Crippen molar-refractivity contribution in [3.8, 4) is 0 Å². The van der Waals surface area contributed by atoms with Gasteiger partial charge in [0, 0.05) is 11.1 Å². The van der Waals surface area contributed by atoms with Crippen LogP contribution in [0.3, 0.4) is 0 Å². The maximum absolute atomic E-state index is 10.6. The van der Waals surface area contributed by atoms with Crippen LogP contribution in [-0.2, 0) is 11.2 Å². The van der Waals surface area contributed by atoms with Crippen LogP contribution in [0, 0.1) is 13.8 Å². The smallest absolute Gasteiger partial charge is 0.303 e. The molecule has 100 valence electrons. The Morgan fingerprint density at radius 1 is 1.47 bits per heavy atom. The number of hydrogen-bond acceptors (Lipinski definition) is 5. The quantitative estimate of drug-likeness (QED) is 0.879. The summed E-state index contributed by atoms with van der Waals surface area (Å²) >= 11 is 1.48. The lowest BCUT2D eigenvalue weighted by molar-refractivity contribution is -0.136. The van der Waals surface area contributed by atoms with Gasteiger partial charge in [0.25, 0.3) is 0 Å². The molecule has 5 nitrogen and oxygen atoms in total. The lowest BCUT2D eigenvalue weighted by Crippen LogP contribution is -1.96. The summed E-state index contributed by atoms with van der Waals surface area (Å²) in [5, 5.41) is 12.6. The van der Waals surface area contributed by atoms with Crippen LogP contribution < -0.4 is 5.32 Å². The Morgan fingerprint density at radius 2 is 2.26 bits per heavy atom. The Labute approximate surface area is 115 Å². The molecule has 0 amide bonds. The van der Waals surface area contributed by atoms with Crippen molar-refractivity contribution in [3.05, 3.63) is 34.5 Å². The molecule has 0 atom stereocenters. The number of nitrogens with one attached hydrogen (secondary N) is 1. The molecule has 0 unspecified atom stereocenters. The molecule has 2 heterocycles. The maximum Gasteiger partial charge on any atom is 0.303 e. The van der Waals surface area contributed by atoms with E-state index < -0.39 is 5.97 Å². The van der Waals surface area contributed by atoms with Crippen molar-refractivity contribution >= 4 is 28.3 Å². The Morgan fingerprint density at radius 3 is 2.95 bits per heavy atom. The molecule has 0 aliphatic carbocycles. The fourth-order valence-electron chi connectivity index (χ4n) is 1.65. The molecule has 0 spiro atoms. The minimum Gasteiger partial charge on any atom is -0.481 e. The van der Waals surface area contributed by atoms with Crippen LogP contribution in [0.1, 0.15) is 22.6 Å². The van der Waals surface area contributed by atoms with Gasteiger partial charge in [0.05, 0.1) is 12.1 Å². The number of anilines is 2. The first-order valence-corrected chi connectivity index (χ1v) is 6.74. The summed E-state index contributed by atoms with van der Waals surface area (Å²) in [5.74, 6) is -0.0103. The molecular weight excluding hydrogens is 262 g/mol. The van der Waals surface area contributed by atoms with Crippen molar-refractivity contribution in [3.63, 3.8) is 0 Å². The summed E-state index contributed by atoms with van der Waals surface area (Å²) < 4.78 is 0. The molecule has 0 aliphatic rings. The van der Waals surface area contributed by atoms with Crippen molar-refractivity contribution in [2.24, 2.45) is 0 Å². The standard InChI is InChI=1S/C13H15N3O2S/c1-8-4-3-7-14-12(8)16-13-15-9(2)10(19-13)5-6-11(17)18/h3-4,7H,5-6H2,1-2H3,(H,17,18)(H,14,15,16). The van der Waals surface area contributed by atoms with Gasteiger partial charge in [-0.05, 0) is 31.9 Å². The second-order valence-corrected chi connectivity index (χ2v) is 5.30. The highest BCUT2D eigenvalue weighted by Crippen LogP contribution is 2.26. The Hall–Kier alpha value is -1.95. The predicted molar refractivity (Wildman–Crippen MR) is 75.1 cm³/mol. The fraction of sp³-hybridized carbons (Fsp3) is 0.308. The predicted octanol–water partition coefficient (Wildman–Crippen LogP) is 2.92. The SMILES string of the molecule is Cc1cccnc1Nc1nc(C)c(CCC(=O)O)s1. The van der Waals surface area contributed by atoms with E-state index in [0.717, 1.165) is 27.1 Å². The zero-order chi connectivity index (χ0) is 13.8. The molecule has 2 rings (SSSR count). The molecule has 0 fully saturated rings. The van der Waals surface area contributed by atoms with E-state index in [1.54, 1.807) is 6.20 Å². The lowest BCUT2D eigenvalue weighted by Gasteiger charge is -2.03. The molecule has 0 aromatic carbocycles. The second kappa shape index (κ2) is 5.79. The zero-order valence-corrected chi connectivity index (χ0v) is 11.6. The van der Waals surface area contributed by atoms with Gasteiger partial charge >= 0.3 is 5.97 Å². The molecule has 0 radical (unpaired) electrons. The lowest BCUT2D eigenvalue weighted by atomic mass is 10.2. The normalized spacial score (nSPS) is 10.4. The van der Waals surface area contributed by atoms with E-state index >= 15 is 0 Å². The molecule has 0 bridgehead atoms. The zero-order valence-electron chi connectivity index (χ0n) is 10.8. The van der Waals surface area contributed by atoms with Gasteiger partial charge in [-0.2, -0.15) is 0 Å². The average Bonchev–Trinajstić information content (AvgIpc) is 2.70. The molecule has 19 heavy (non-hydrogen) atoms. The number of aliphatic carboxylic acids is 1. The van der Waals surface area contributed by atoms with Crippen LogP contribution >= 0.6 is 11.3 Å². The van der Waals surface area contributed by atoms with E-state index in [1.807, 2.05) is 26.0 Å². The van der Waals surface area contributed by atoms with E-state index in [0.29, 0.717) is 6.42 Å². The van der Waals surface area contributed by atoms with Gasteiger partial charge in [0.15, 0.2) is 5.13 Å². The number of pyridine rings is 1. The van der Waals surface area contributed by atoms with E-state index in [1.165, 1.54) is 11.3 Å². The van der Waals surface area contributed by atoms with Crippen LogP contribution in [-0.4, -0.2) is 21.0 Å². The van der Waals surface area contributed by atoms with Gasteiger partial charge in [-0.1, -0.05) is 6.07 Å². The van der Waals surface area contributed by atoms with E-state index in [2.05, 4.69) is 15.3 Å². The monoisotopic (exact) mass is 277 g/mol. The third kappa shape index (κ3) is 3.51. The molecule has 2 aromatic rings. The van der Waals surface area contributed by atoms with Gasteiger partial charge in [0.2, 0.25) is 0 Å². The van der Waals surface area contributed by atoms with Crippen LogP contribution in [0.25, 0.3) is 0 Å². The number of aromatic nitrogens is 2. The fourth-order valence-corrected chi connectivity index (χ4v) is 2.61. The van der Waals surface area contributed by atoms with E-state index in [9.17, 15) is 4.79 Å². The first kappa shape index (κ1) is 13.5. The molecule has 0 saturated carbocycles. The molecule has 0 saturated heterocycles. The van der Waals surface area contributed by atoms with Gasteiger partial charge < -0.3 is 10.4 Å². The third-order valence-corrected chi connectivity index (χ3v) is 3.83. The number of aryl methyl sites for hydroxylation is 3. The minimum absolute atomic E-state index is 0.130. The van der Waals surface area contributed by atoms with Crippen molar-refractivity contribution in [1.29, 1.82) is 0 Å². The average molecular weight is 277 g/mol. The van der Waals surface area contributed by atoms with Crippen LogP contribution in [0.2, 0.25) is 0 Å². The number of nitrogens with zero attached hydrogens (tertiary/aromatic N) is 2. The van der Waals surface area contributed by atoms with E-state index in [4.69, 9.17) is 5.11 Å². The Bertz CT molecular complexity index is 595. The van der Waals surface area contributed by atoms with Crippen LogP contribution in [0.4, 0.5) is 10.9 Å². The van der Waals surface area contributed by atoms with Gasteiger partial charge in [-0.25, -0.2) is 9.97 Å². The topological polar surface area (TPSA) is 75.1 Å². The first-order valence-electron chi connectivity index (χ1n) is 5.93. The van der Waals surface area contributed by atoms with Crippen molar-refractivity contribution in [1.82, 2.24) is 9.97 Å². The van der Waals surface area contributed by atoms with Crippen LogP contribution in [0.5, 0.6) is 0 Å². The summed E-state index contributed by atoms with van der Waals surface area (Å²) in [4.78, 5) is 20.2. The highest BCUT2D eigenvalue weighted by atomic mass is 32.1. The number of carboxylic acid groups (broad SMARTS) is 1. The molecular formula is C13H15N3O2S. The first-order chi connectivity index (χ1) is 9.06. The number of rotatable bonds is 5. The largest absolute Gasteiger partial charge is 0.481 e. The van der Waals surface area contributed by atoms with Crippen molar-refractivity contribution < 1.29 is 9.90 Å². The summed E-state index contributed by atoms with van der Waals surface area (Å²) in [6.45, 7) is 3.87. The van der Waals surface area contributed by atoms with Gasteiger partial charge in [0.1, 0.15) is 5.82 Å². The number of carboxylic acids is 1. The molecule has 0 aliphatic heterocycles. The van der Waals surface area contributed by atoms with Crippen molar-refractivity contribution in [2.75, 3.05) is 5.32 Å². The highest BCUT2D eigenvalue weighted by molar-refractivity contribution is 7.15. The van der Waals surface area contributed by atoms with Gasteiger partial charge in [-0.3, -0.25) is 4.79 Å². The summed E-state index contributed by atoms with van der Waals surface area (Å²) in [7, 11) is 0. The summed E-state index contributed by atoms with van der Waals surface area (Å²) in [5.41, 5.74) is 1.92. The van der Waals surface area contributed by atoms with Crippen LogP contribution in [0.15, 0.2) is 18.3 Å². The molecule has 2 N–H and O–H groups in total. The highest BCUT2D eigenvalue weighted by Gasteiger charge is 2.10. The molecule has 6 heteroatoms. The summed E-state index contributed by atoms with van der Waals surface area (Å²) in [6, 6.07) is 3.85. The van der Waals surface area contributed by atoms with E-state index in [-0.39, 0.29) is 6.42 Å². The Balaban J connectivity index is 2.12.